The Hall–Kier alpha value is -1.83. The number of benzene rings is 1. The molecule has 1 heterocycles. The van der Waals surface area contributed by atoms with Crippen molar-refractivity contribution in [3.8, 4) is 22.8 Å². The van der Waals surface area contributed by atoms with Crippen molar-refractivity contribution in [3.05, 3.63) is 23.6 Å². The molecule has 20 heavy (non-hydrogen) atoms. The summed E-state index contributed by atoms with van der Waals surface area (Å²) in [6.07, 6.45) is 0. The van der Waals surface area contributed by atoms with E-state index in [9.17, 15) is 10.2 Å². The van der Waals surface area contributed by atoms with Crippen LogP contribution in [0.1, 0.15) is 0 Å². The first kappa shape index (κ1) is 14.6. The summed E-state index contributed by atoms with van der Waals surface area (Å²) < 4.78 is 0. The van der Waals surface area contributed by atoms with Crippen LogP contribution in [-0.2, 0) is 0 Å². The number of phenols is 2. The van der Waals surface area contributed by atoms with E-state index in [1.54, 1.807) is 16.3 Å². The number of aromatic nitrogens is 1. The fraction of sp³-hybridized carbons (Fsp3) is 0.308. The Balaban J connectivity index is 2.27. The molecule has 0 amide bonds. The Morgan fingerprint density at radius 3 is 2.40 bits per heavy atom. The first-order chi connectivity index (χ1) is 9.65. The maximum absolute atomic E-state index is 9.81. The van der Waals surface area contributed by atoms with Gasteiger partial charge in [0.1, 0.15) is 11.5 Å². The first-order valence-corrected chi connectivity index (χ1v) is 6.98. The molecule has 0 aliphatic rings. The van der Waals surface area contributed by atoms with Gasteiger partial charge in [-0.1, -0.05) is 0 Å². The second kappa shape index (κ2) is 6.56. The van der Waals surface area contributed by atoms with E-state index in [1.807, 2.05) is 0 Å². The van der Waals surface area contributed by atoms with E-state index in [0.717, 1.165) is 0 Å². The molecule has 2 rings (SSSR count). The predicted octanol–water partition coefficient (Wildman–Crippen LogP) is 1.01. The highest BCUT2D eigenvalue weighted by molar-refractivity contribution is 7.14. The van der Waals surface area contributed by atoms with Gasteiger partial charge < -0.3 is 25.3 Å². The molecule has 0 aliphatic heterocycles. The Morgan fingerprint density at radius 2 is 1.80 bits per heavy atom. The number of thiazole rings is 1. The van der Waals surface area contributed by atoms with Crippen molar-refractivity contribution < 1.29 is 20.4 Å². The van der Waals surface area contributed by atoms with Crippen LogP contribution in [0.5, 0.6) is 11.5 Å². The van der Waals surface area contributed by atoms with E-state index in [0.29, 0.717) is 29.5 Å². The summed E-state index contributed by atoms with van der Waals surface area (Å²) in [5.41, 5.74) is 1.11. The van der Waals surface area contributed by atoms with Crippen LogP contribution in [0.15, 0.2) is 23.6 Å². The van der Waals surface area contributed by atoms with Gasteiger partial charge in [-0.05, 0) is 12.1 Å². The lowest BCUT2D eigenvalue weighted by Gasteiger charge is -2.19. The van der Waals surface area contributed by atoms with E-state index >= 15 is 0 Å². The molecule has 0 unspecified atom stereocenters. The largest absolute Gasteiger partial charge is 0.508 e. The molecule has 0 saturated heterocycles. The third-order valence-corrected chi connectivity index (χ3v) is 3.66. The molecule has 0 bridgehead atoms. The maximum atomic E-state index is 9.81. The van der Waals surface area contributed by atoms with E-state index in [2.05, 4.69) is 4.98 Å². The van der Waals surface area contributed by atoms with Crippen molar-refractivity contribution in [1.82, 2.24) is 4.98 Å². The summed E-state index contributed by atoms with van der Waals surface area (Å²) in [6, 6.07) is 4.33. The van der Waals surface area contributed by atoms with Crippen LogP contribution in [0.4, 0.5) is 5.13 Å². The molecular weight excluding hydrogens is 280 g/mol. The van der Waals surface area contributed by atoms with Crippen molar-refractivity contribution in [2.24, 2.45) is 0 Å². The molecule has 7 heteroatoms. The number of aromatic hydroxyl groups is 2. The van der Waals surface area contributed by atoms with Crippen LogP contribution in [0, 0.1) is 0 Å². The molecule has 2 aromatic rings. The monoisotopic (exact) mass is 296 g/mol. The van der Waals surface area contributed by atoms with Crippen molar-refractivity contribution >= 4 is 16.5 Å². The summed E-state index contributed by atoms with van der Waals surface area (Å²) >= 11 is 1.36. The van der Waals surface area contributed by atoms with Gasteiger partial charge in [0.2, 0.25) is 0 Å². The second-order valence-electron chi connectivity index (χ2n) is 4.15. The molecule has 4 N–H and O–H groups in total. The first-order valence-electron chi connectivity index (χ1n) is 6.10. The summed E-state index contributed by atoms with van der Waals surface area (Å²) in [4.78, 5) is 6.16. The summed E-state index contributed by atoms with van der Waals surface area (Å²) in [5.74, 6) is -0.0541. The lowest BCUT2D eigenvalue weighted by Crippen LogP contribution is -2.29. The number of hydrogen-bond donors (Lipinski definition) is 4. The topological polar surface area (TPSA) is 97.1 Å². The van der Waals surface area contributed by atoms with Crippen molar-refractivity contribution in [2.75, 3.05) is 31.2 Å². The minimum Gasteiger partial charge on any atom is -0.508 e. The molecule has 0 radical (unpaired) electrons. The van der Waals surface area contributed by atoms with Gasteiger partial charge in [0.25, 0.3) is 0 Å². The molecule has 0 atom stereocenters. The Morgan fingerprint density at radius 1 is 1.10 bits per heavy atom. The number of rotatable bonds is 6. The third-order valence-electron chi connectivity index (χ3n) is 2.76. The highest BCUT2D eigenvalue weighted by atomic mass is 32.1. The van der Waals surface area contributed by atoms with Crippen molar-refractivity contribution in [3.63, 3.8) is 0 Å². The second-order valence-corrected chi connectivity index (χ2v) is 4.99. The standard InChI is InChI=1S/C13H16N2O4S/c16-5-3-15(4-6-17)13-14-11(8-20-13)10-2-1-9(18)7-12(10)19/h1-2,7-8,16-19H,3-6H2. The fourth-order valence-corrected chi connectivity index (χ4v) is 2.69. The van der Waals surface area contributed by atoms with Crippen LogP contribution >= 0.6 is 11.3 Å². The van der Waals surface area contributed by atoms with Gasteiger partial charge >= 0.3 is 0 Å². The molecule has 0 aliphatic carbocycles. The van der Waals surface area contributed by atoms with E-state index in [-0.39, 0.29) is 24.7 Å². The molecule has 0 spiro atoms. The molecule has 1 aromatic carbocycles. The molecular formula is C13H16N2O4S. The minimum atomic E-state index is -0.0438. The minimum absolute atomic E-state index is 0.0103. The quantitative estimate of drug-likeness (QED) is 0.635. The van der Waals surface area contributed by atoms with E-state index in [1.165, 1.54) is 23.5 Å². The zero-order valence-electron chi connectivity index (χ0n) is 10.7. The highest BCUT2D eigenvalue weighted by Gasteiger charge is 2.13. The predicted molar refractivity (Wildman–Crippen MR) is 77.3 cm³/mol. The highest BCUT2D eigenvalue weighted by Crippen LogP contribution is 2.34. The number of aliphatic hydroxyl groups is 2. The number of aliphatic hydroxyl groups excluding tert-OH is 2. The lowest BCUT2D eigenvalue weighted by atomic mass is 10.1. The van der Waals surface area contributed by atoms with E-state index in [4.69, 9.17) is 10.2 Å². The third kappa shape index (κ3) is 3.19. The number of hydrogen-bond acceptors (Lipinski definition) is 7. The van der Waals surface area contributed by atoms with Crippen LogP contribution in [0.2, 0.25) is 0 Å². The maximum Gasteiger partial charge on any atom is 0.186 e. The number of phenolic OH excluding ortho intramolecular Hbond substituents is 2. The average Bonchev–Trinajstić information content (AvgIpc) is 2.88. The van der Waals surface area contributed by atoms with Gasteiger partial charge in [-0.3, -0.25) is 0 Å². The van der Waals surface area contributed by atoms with Gasteiger partial charge in [-0.25, -0.2) is 4.98 Å². The summed E-state index contributed by atoms with van der Waals surface area (Å²) in [5, 5.41) is 39.5. The molecule has 0 fully saturated rings. The smallest absolute Gasteiger partial charge is 0.186 e. The molecule has 1 aromatic heterocycles. The van der Waals surface area contributed by atoms with Gasteiger partial charge in [0, 0.05) is 30.1 Å². The molecule has 0 saturated carbocycles. The van der Waals surface area contributed by atoms with Crippen LogP contribution in [0.25, 0.3) is 11.3 Å². The van der Waals surface area contributed by atoms with Gasteiger partial charge in [-0.2, -0.15) is 0 Å². The summed E-state index contributed by atoms with van der Waals surface area (Å²) in [6.45, 7) is 0.711. The molecule has 108 valence electrons. The summed E-state index contributed by atoms with van der Waals surface area (Å²) in [7, 11) is 0. The lowest BCUT2D eigenvalue weighted by molar-refractivity contribution is 0.281. The van der Waals surface area contributed by atoms with Gasteiger partial charge in [0.05, 0.1) is 18.9 Å². The normalized spacial score (nSPS) is 10.7. The van der Waals surface area contributed by atoms with Crippen LogP contribution in [-0.4, -0.2) is 51.7 Å². The number of nitrogens with zero attached hydrogens (tertiary/aromatic N) is 2. The van der Waals surface area contributed by atoms with Gasteiger partial charge in [-0.15, -0.1) is 11.3 Å². The fourth-order valence-electron chi connectivity index (χ4n) is 1.81. The van der Waals surface area contributed by atoms with Gasteiger partial charge in [0.15, 0.2) is 5.13 Å². The Labute approximate surface area is 120 Å². The van der Waals surface area contributed by atoms with Crippen molar-refractivity contribution in [2.45, 2.75) is 0 Å². The zero-order valence-corrected chi connectivity index (χ0v) is 11.5. The average molecular weight is 296 g/mol. The van der Waals surface area contributed by atoms with E-state index < -0.39 is 0 Å². The Bertz CT molecular complexity index is 567. The van der Waals surface area contributed by atoms with Crippen molar-refractivity contribution in [1.29, 1.82) is 0 Å². The Kier molecular flexibility index (Phi) is 4.78. The van der Waals surface area contributed by atoms with Crippen LogP contribution < -0.4 is 4.90 Å². The molecule has 6 nitrogen and oxygen atoms in total. The SMILES string of the molecule is OCCN(CCO)c1nc(-c2ccc(O)cc2O)cs1. The zero-order chi connectivity index (χ0) is 14.5. The number of anilines is 1. The van der Waals surface area contributed by atoms with Crippen LogP contribution in [0.3, 0.4) is 0 Å².